The molecule has 0 bridgehead atoms. The second kappa shape index (κ2) is 12.4. The van der Waals surface area contributed by atoms with E-state index in [-0.39, 0.29) is 5.41 Å². The van der Waals surface area contributed by atoms with Gasteiger partial charge >= 0.3 is 0 Å². The van der Waals surface area contributed by atoms with Crippen molar-refractivity contribution in [3.63, 3.8) is 0 Å². The highest BCUT2D eigenvalue weighted by atomic mass is 16.3. The van der Waals surface area contributed by atoms with Crippen LogP contribution in [0.4, 0.5) is 17.1 Å². The summed E-state index contributed by atoms with van der Waals surface area (Å²) in [5.41, 5.74) is 15.5. The van der Waals surface area contributed by atoms with Gasteiger partial charge in [-0.05, 0) is 111 Å². The molecule has 2 aliphatic carbocycles. The van der Waals surface area contributed by atoms with Crippen LogP contribution >= 0.6 is 0 Å². The molecular formula is C50H38N2O. The van der Waals surface area contributed by atoms with Gasteiger partial charge in [0.2, 0.25) is 5.89 Å². The summed E-state index contributed by atoms with van der Waals surface area (Å²) in [7, 11) is 0. The van der Waals surface area contributed by atoms with Gasteiger partial charge in [-0.15, -0.1) is 0 Å². The molecule has 10 rings (SSSR count). The van der Waals surface area contributed by atoms with Crippen LogP contribution in [0.15, 0.2) is 186 Å². The summed E-state index contributed by atoms with van der Waals surface area (Å²) in [6.45, 7) is 4.73. The lowest BCUT2D eigenvalue weighted by molar-refractivity contribution is 0.620. The fraction of sp³-hybridized carbons (Fsp3) is 0.100. The second-order valence-corrected chi connectivity index (χ2v) is 14.7. The number of hydrogen-bond donors (Lipinski definition) is 0. The van der Waals surface area contributed by atoms with Crippen molar-refractivity contribution in [1.82, 2.24) is 4.98 Å². The SMILES string of the molecule is CC1(C)C2=C(c3ccccc31)C(c1ccc(N(c3ccccc3)c3ccc(-c4ccc5c(ccc6oc(-c7ccccc7)nc65)c4)cc3)cc1)CC=C2. The molecule has 1 unspecified atom stereocenters. The first-order chi connectivity index (χ1) is 26.0. The molecule has 0 saturated carbocycles. The molecule has 8 aromatic rings. The number of aromatic nitrogens is 1. The van der Waals surface area contributed by atoms with E-state index in [2.05, 4.69) is 158 Å². The quantitative estimate of drug-likeness (QED) is 0.175. The summed E-state index contributed by atoms with van der Waals surface area (Å²) < 4.78 is 6.14. The van der Waals surface area contributed by atoms with Crippen LogP contribution in [0.25, 0.3) is 50.0 Å². The molecule has 0 fully saturated rings. The van der Waals surface area contributed by atoms with Crippen molar-refractivity contribution in [2.45, 2.75) is 31.6 Å². The maximum atomic E-state index is 6.14. The summed E-state index contributed by atoms with van der Waals surface area (Å²) in [4.78, 5) is 7.23. The van der Waals surface area contributed by atoms with Crippen LogP contribution in [0.3, 0.4) is 0 Å². The third-order valence-electron chi connectivity index (χ3n) is 11.3. The number of benzene rings is 7. The van der Waals surface area contributed by atoms with Gasteiger partial charge in [0, 0.05) is 39.3 Å². The van der Waals surface area contributed by atoms with E-state index in [0.29, 0.717) is 11.8 Å². The summed E-state index contributed by atoms with van der Waals surface area (Å²) in [6, 6.07) is 58.6. The number of rotatable bonds is 6. The molecule has 254 valence electrons. The van der Waals surface area contributed by atoms with Crippen LogP contribution in [0.2, 0.25) is 0 Å². The minimum Gasteiger partial charge on any atom is -0.436 e. The van der Waals surface area contributed by atoms with Crippen molar-refractivity contribution < 1.29 is 4.42 Å². The second-order valence-electron chi connectivity index (χ2n) is 14.7. The minimum atomic E-state index is 0.0142. The Morgan fingerprint density at radius 3 is 2.06 bits per heavy atom. The highest BCUT2D eigenvalue weighted by molar-refractivity contribution is 6.05. The molecule has 3 heteroatoms. The lowest BCUT2D eigenvalue weighted by Gasteiger charge is -2.28. The van der Waals surface area contributed by atoms with Gasteiger partial charge in [-0.2, -0.15) is 0 Å². The van der Waals surface area contributed by atoms with Gasteiger partial charge in [0.25, 0.3) is 0 Å². The Labute approximate surface area is 310 Å². The zero-order valence-electron chi connectivity index (χ0n) is 29.8. The van der Waals surface area contributed by atoms with Crippen LogP contribution in [0.5, 0.6) is 0 Å². The molecule has 2 aliphatic rings. The zero-order valence-corrected chi connectivity index (χ0v) is 29.8. The van der Waals surface area contributed by atoms with Gasteiger partial charge in [0.15, 0.2) is 5.58 Å². The van der Waals surface area contributed by atoms with Gasteiger partial charge in [0.1, 0.15) is 5.52 Å². The fourth-order valence-corrected chi connectivity index (χ4v) is 8.59. The molecule has 0 N–H and O–H groups in total. The van der Waals surface area contributed by atoms with E-state index >= 15 is 0 Å². The van der Waals surface area contributed by atoms with Crippen LogP contribution in [0.1, 0.15) is 42.9 Å². The molecule has 0 saturated heterocycles. The number of fused-ring (bicyclic) bond motifs is 5. The molecule has 0 radical (unpaired) electrons. The van der Waals surface area contributed by atoms with Crippen molar-refractivity contribution in [3.8, 4) is 22.6 Å². The normalized spacial score (nSPS) is 15.8. The lowest BCUT2D eigenvalue weighted by Crippen LogP contribution is -2.17. The van der Waals surface area contributed by atoms with E-state index in [1.54, 1.807) is 0 Å². The highest BCUT2D eigenvalue weighted by Crippen LogP contribution is 2.54. The molecule has 3 nitrogen and oxygen atoms in total. The molecule has 53 heavy (non-hydrogen) atoms. The summed E-state index contributed by atoms with van der Waals surface area (Å²) in [6.07, 6.45) is 5.75. The summed E-state index contributed by atoms with van der Waals surface area (Å²) in [5, 5.41) is 2.23. The van der Waals surface area contributed by atoms with Crippen LogP contribution in [0, 0.1) is 0 Å². The number of nitrogens with zero attached hydrogens (tertiary/aromatic N) is 2. The molecule has 1 aromatic heterocycles. The lowest BCUT2D eigenvalue weighted by atomic mass is 9.77. The molecule has 0 aliphatic heterocycles. The van der Waals surface area contributed by atoms with Gasteiger partial charge < -0.3 is 9.32 Å². The van der Waals surface area contributed by atoms with E-state index in [1.807, 2.05) is 36.4 Å². The molecule has 0 spiro atoms. The maximum absolute atomic E-state index is 6.14. The van der Waals surface area contributed by atoms with E-state index in [4.69, 9.17) is 9.40 Å². The predicted octanol–water partition coefficient (Wildman–Crippen LogP) is 13.6. The Hall–Kier alpha value is -6.45. The van der Waals surface area contributed by atoms with Gasteiger partial charge in [0.05, 0.1) is 0 Å². The smallest absolute Gasteiger partial charge is 0.227 e. The van der Waals surface area contributed by atoms with E-state index in [1.165, 1.54) is 33.4 Å². The van der Waals surface area contributed by atoms with E-state index in [9.17, 15) is 0 Å². The number of anilines is 3. The van der Waals surface area contributed by atoms with Crippen LogP contribution in [-0.2, 0) is 5.41 Å². The molecule has 1 atom stereocenters. The maximum Gasteiger partial charge on any atom is 0.227 e. The number of para-hydroxylation sites is 1. The Bertz CT molecular complexity index is 2700. The number of oxazole rings is 1. The minimum absolute atomic E-state index is 0.0142. The Balaban J connectivity index is 0.967. The number of allylic oxidation sites excluding steroid dienone is 4. The third kappa shape index (κ3) is 5.23. The monoisotopic (exact) mass is 682 g/mol. The van der Waals surface area contributed by atoms with Crippen LogP contribution in [-0.4, -0.2) is 4.98 Å². The average Bonchev–Trinajstić information content (AvgIpc) is 3.76. The topological polar surface area (TPSA) is 29.3 Å². The Morgan fingerprint density at radius 2 is 1.28 bits per heavy atom. The van der Waals surface area contributed by atoms with Gasteiger partial charge in [-0.1, -0.05) is 129 Å². The first-order valence-corrected chi connectivity index (χ1v) is 18.5. The fourth-order valence-electron chi connectivity index (χ4n) is 8.59. The Kier molecular flexibility index (Phi) is 7.29. The molecule has 0 amide bonds. The van der Waals surface area contributed by atoms with E-state index in [0.717, 1.165) is 56.5 Å². The van der Waals surface area contributed by atoms with Crippen molar-refractivity contribution >= 4 is 44.5 Å². The van der Waals surface area contributed by atoms with Gasteiger partial charge in [-0.25, -0.2) is 4.98 Å². The standard InChI is InChI=1S/C50H38N2O/c1-50(2)44-18-10-9-16-43(44)47-41(17-11-19-45(47)50)34-22-28-40(29-23-34)52(38-14-7-4-8-15-38)39-26-20-33(21-27-39)36-24-30-42-37(32-36)25-31-46-48(42)51-49(53-46)35-12-5-3-6-13-35/h3-16,18-32,41H,17H2,1-2H3. The predicted molar refractivity (Wildman–Crippen MR) is 220 cm³/mol. The summed E-state index contributed by atoms with van der Waals surface area (Å²) in [5.74, 6) is 0.983. The first kappa shape index (κ1) is 31.3. The largest absolute Gasteiger partial charge is 0.436 e. The Morgan fingerprint density at radius 1 is 0.623 bits per heavy atom. The first-order valence-electron chi connectivity index (χ1n) is 18.5. The summed E-state index contributed by atoms with van der Waals surface area (Å²) >= 11 is 0. The average molecular weight is 683 g/mol. The molecular weight excluding hydrogens is 645 g/mol. The van der Waals surface area contributed by atoms with Crippen molar-refractivity contribution in [3.05, 3.63) is 198 Å². The third-order valence-corrected chi connectivity index (χ3v) is 11.3. The highest BCUT2D eigenvalue weighted by Gasteiger charge is 2.40. The molecule has 1 heterocycles. The number of hydrogen-bond acceptors (Lipinski definition) is 3. The van der Waals surface area contributed by atoms with Crippen molar-refractivity contribution in [2.75, 3.05) is 4.90 Å². The van der Waals surface area contributed by atoms with Crippen molar-refractivity contribution in [1.29, 1.82) is 0 Å². The van der Waals surface area contributed by atoms with Gasteiger partial charge in [-0.3, -0.25) is 0 Å². The molecule has 7 aromatic carbocycles. The van der Waals surface area contributed by atoms with E-state index < -0.39 is 0 Å². The van der Waals surface area contributed by atoms with Crippen LogP contribution < -0.4 is 4.90 Å². The van der Waals surface area contributed by atoms with Crippen molar-refractivity contribution in [2.24, 2.45) is 0 Å². The zero-order chi connectivity index (χ0) is 35.5.